The van der Waals surface area contributed by atoms with Gasteiger partial charge in [0.1, 0.15) is 0 Å². The zero-order chi connectivity index (χ0) is 12.7. The molecule has 3 N–H and O–H groups in total. The Hall–Kier alpha value is -0.750. The van der Waals surface area contributed by atoms with Crippen LogP contribution < -0.4 is 10.6 Å². The predicted octanol–water partition coefficient (Wildman–Crippen LogP) is 0.309. The molecule has 0 aliphatic carbocycles. The quantitative estimate of drug-likeness (QED) is 0.640. The van der Waals surface area contributed by atoms with Crippen molar-refractivity contribution in [3.63, 3.8) is 0 Å². The second-order valence-corrected chi connectivity index (χ2v) is 5.46. The highest BCUT2D eigenvalue weighted by molar-refractivity contribution is 7.99. The van der Waals surface area contributed by atoms with E-state index in [1.807, 2.05) is 11.8 Å². The first-order chi connectivity index (χ1) is 8.09. The second kappa shape index (κ2) is 7.55. The van der Waals surface area contributed by atoms with Crippen LogP contribution in [0.15, 0.2) is 0 Å². The minimum atomic E-state index is -0.815. The molecule has 0 spiro atoms. The average Bonchev–Trinajstić information content (AvgIpc) is 2.30. The molecule has 1 saturated heterocycles. The standard InChI is InChI=1S/C11H20N2O3S/c1-8(11(15)16)2-3-13-10(14)6-9-7-17-5-4-12-9/h8-9,12H,2-7H2,1H3,(H,13,14)(H,15,16). The topological polar surface area (TPSA) is 78.4 Å². The number of carboxylic acids is 1. The highest BCUT2D eigenvalue weighted by atomic mass is 32.2. The second-order valence-electron chi connectivity index (χ2n) is 4.31. The Kier molecular flexibility index (Phi) is 6.36. The van der Waals surface area contributed by atoms with Crippen LogP contribution in [0.3, 0.4) is 0 Å². The number of carboxylic acid groups (broad SMARTS) is 1. The van der Waals surface area contributed by atoms with Crippen molar-refractivity contribution in [2.75, 3.05) is 24.6 Å². The van der Waals surface area contributed by atoms with Gasteiger partial charge in [0.05, 0.1) is 5.92 Å². The zero-order valence-corrected chi connectivity index (χ0v) is 10.9. The Labute approximate surface area is 106 Å². The van der Waals surface area contributed by atoms with Crippen molar-refractivity contribution >= 4 is 23.6 Å². The molecule has 0 radical (unpaired) electrons. The minimum Gasteiger partial charge on any atom is -0.481 e. The Morgan fingerprint density at radius 2 is 2.35 bits per heavy atom. The lowest BCUT2D eigenvalue weighted by Crippen LogP contribution is -2.41. The lowest BCUT2D eigenvalue weighted by atomic mass is 10.1. The molecular weight excluding hydrogens is 240 g/mol. The lowest BCUT2D eigenvalue weighted by Gasteiger charge is -2.22. The van der Waals surface area contributed by atoms with Crippen LogP contribution in [0.4, 0.5) is 0 Å². The van der Waals surface area contributed by atoms with Gasteiger partial charge in [-0.15, -0.1) is 0 Å². The van der Waals surface area contributed by atoms with Crippen LogP contribution in [-0.2, 0) is 9.59 Å². The number of thioether (sulfide) groups is 1. The van der Waals surface area contributed by atoms with Crippen molar-refractivity contribution in [2.24, 2.45) is 5.92 Å². The van der Waals surface area contributed by atoms with Crippen molar-refractivity contribution in [2.45, 2.75) is 25.8 Å². The van der Waals surface area contributed by atoms with Crippen LogP contribution in [0, 0.1) is 5.92 Å². The van der Waals surface area contributed by atoms with Gasteiger partial charge in [-0.1, -0.05) is 6.92 Å². The Morgan fingerprint density at radius 1 is 1.59 bits per heavy atom. The number of rotatable bonds is 6. The third-order valence-electron chi connectivity index (χ3n) is 2.75. The maximum absolute atomic E-state index is 11.6. The van der Waals surface area contributed by atoms with Gasteiger partial charge >= 0.3 is 5.97 Å². The van der Waals surface area contributed by atoms with E-state index >= 15 is 0 Å². The average molecular weight is 260 g/mol. The van der Waals surface area contributed by atoms with Gasteiger partial charge in [-0.2, -0.15) is 11.8 Å². The van der Waals surface area contributed by atoms with Crippen LogP contribution >= 0.6 is 11.8 Å². The lowest BCUT2D eigenvalue weighted by molar-refractivity contribution is -0.141. The van der Waals surface area contributed by atoms with Crippen molar-refractivity contribution in [3.05, 3.63) is 0 Å². The number of aliphatic carboxylic acids is 1. The summed E-state index contributed by atoms with van der Waals surface area (Å²) in [6.07, 6.45) is 0.961. The van der Waals surface area contributed by atoms with Crippen LogP contribution in [0.2, 0.25) is 0 Å². The summed E-state index contributed by atoms with van der Waals surface area (Å²) in [6, 6.07) is 0.255. The van der Waals surface area contributed by atoms with Crippen LogP contribution in [0.5, 0.6) is 0 Å². The van der Waals surface area contributed by atoms with E-state index in [-0.39, 0.29) is 11.9 Å². The molecule has 1 rings (SSSR count). The van der Waals surface area contributed by atoms with E-state index in [0.29, 0.717) is 19.4 Å². The van der Waals surface area contributed by atoms with Crippen molar-refractivity contribution in [3.8, 4) is 0 Å². The Bertz CT molecular complexity index is 267. The summed E-state index contributed by atoms with van der Waals surface area (Å²) in [7, 11) is 0. The fourth-order valence-electron chi connectivity index (χ4n) is 1.60. The minimum absolute atomic E-state index is 0.00240. The first kappa shape index (κ1) is 14.3. The van der Waals surface area contributed by atoms with E-state index < -0.39 is 11.9 Å². The monoisotopic (exact) mass is 260 g/mol. The molecular formula is C11H20N2O3S. The summed E-state index contributed by atoms with van der Waals surface area (Å²) in [5.74, 6) is 0.860. The molecule has 5 nitrogen and oxygen atoms in total. The molecule has 98 valence electrons. The molecule has 2 unspecified atom stereocenters. The molecule has 1 amide bonds. The van der Waals surface area contributed by atoms with Gasteiger partial charge < -0.3 is 15.7 Å². The van der Waals surface area contributed by atoms with Crippen LogP contribution in [0.25, 0.3) is 0 Å². The molecule has 6 heteroatoms. The van der Waals surface area contributed by atoms with Gasteiger partial charge in [0.15, 0.2) is 0 Å². The molecule has 1 fully saturated rings. The summed E-state index contributed by atoms with van der Waals surface area (Å²) in [5.41, 5.74) is 0. The first-order valence-corrected chi connectivity index (χ1v) is 7.05. The number of amides is 1. The molecule has 0 aromatic heterocycles. The predicted molar refractivity (Wildman–Crippen MR) is 68.2 cm³/mol. The number of carbonyl (C=O) groups excluding carboxylic acids is 1. The molecule has 1 aliphatic heterocycles. The summed E-state index contributed by atoms with van der Waals surface area (Å²) in [5, 5.41) is 14.7. The van der Waals surface area contributed by atoms with Crippen LogP contribution in [-0.4, -0.2) is 47.6 Å². The van der Waals surface area contributed by atoms with Crippen LogP contribution in [0.1, 0.15) is 19.8 Å². The zero-order valence-electron chi connectivity index (χ0n) is 10.1. The van der Waals surface area contributed by atoms with E-state index in [1.54, 1.807) is 6.92 Å². The SMILES string of the molecule is CC(CCNC(=O)CC1CSCCN1)C(=O)O. The number of hydrogen-bond donors (Lipinski definition) is 3. The molecule has 0 aromatic rings. The Morgan fingerprint density at radius 3 is 2.94 bits per heavy atom. The van der Waals surface area contributed by atoms with E-state index in [9.17, 15) is 9.59 Å². The molecule has 1 heterocycles. The van der Waals surface area contributed by atoms with E-state index in [4.69, 9.17) is 5.11 Å². The van der Waals surface area contributed by atoms with E-state index in [1.165, 1.54) is 0 Å². The van der Waals surface area contributed by atoms with Crippen molar-refractivity contribution in [1.29, 1.82) is 0 Å². The maximum atomic E-state index is 11.6. The summed E-state index contributed by atoms with van der Waals surface area (Å²) in [4.78, 5) is 22.1. The van der Waals surface area contributed by atoms with Gasteiger partial charge in [-0.25, -0.2) is 0 Å². The molecule has 0 aromatic carbocycles. The number of carbonyl (C=O) groups is 2. The van der Waals surface area contributed by atoms with Crippen molar-refractivity contribution in [1.82, 2.24) is 10.6 Å². The molecule has 0 bridgehead atoms. The highest BCUT2D eigenvalue weighted by Crippen LogP contribution is 2.10. The maximum Gasteiger partial charge on any atom is 0.306 e. The molecule has 17 heavy (non-hydrogen) atoms. The number of nitrogens with one attached hydrogen (secondary N) is 2. The Balaban J connectivity index is 2.10. The smallest absolute Gasteiger partial charge is 0.306 e. The fraction of sp³-hybridized carbons (Fsp3) is 0.818. The molecule has 0 saturated carbocycles. The largest absolute Gasteiger partial charge is 0.481 e. The highest BCUT2D eigenvalue weighted by Gasteiger charge is 2.17. The fourth-order valence-corrected chi connectivity index (χ4v) is 2.55. The third kappa shape index (κ3) is 5.93. The molecule has 2 atom stereocenters. The molecule has 1 aliphatic rings. The van der Waals surface area contributed by atoms with E-state index in [0.717, 1.165) is 18.1 Å². The number of hydrogen-bond acceptors (Lipinski definition) is 4. The summed E-state index contributed by atoms with van der Waals surface area (Å²) >= 11 is 1.86. The van der Waals surface area contributed by atoms with Gasteiger partial charge in [-0.05, 0) is 6.42 Å². The van der Waals surface area contributed by atoms with Gasteiger partial charge in [0.2, 0.25) is 5.91 Å². The van der Waals surface area contributed by atoms with Crippen molar-refractivity contribution < 1.29 is 14.7 Å². The van der Waals surface area contributed by atoms with Gasteiger partial charge in [-0.3, -0.25) is 9.59 Å². The normalized spacial score (nSPS) is 21.8. The summed E-state index contributed by atoms with van der Waals surface area (Å²) in [6.45, 7) is 3.04. The van der Waals surface area contributed by atoms with Gasteiger partial charge in [0, 0.05) is 37.1 Å². The van der Waals surface area contributed by atoms with E-state index in [2.05, 4.69) is 10.6 Å². The first-order valence-electron chi connectivity index (χ1n) is 5.90. The third-order valence-corrected chi connectivity index (χ3v) is 3.88. The summed E-state index contributed by atoms with van der Waals surface area (Å²) < 4.78 is 0. The van der Waals surface area contributed by atoms with Gasteiger partial charge in [0.25, 0.3) is 0 Å².